The third-order valence-electron chi connectivity index (χ3n) is 4.08. The predicted molar refractivity (Wildman–Crippen MR) is 103 cm³/mol. The van der Waals surface area contributed by atoms with Crippen LogP contribution in [0.4, 0.5) is 0 Å². The molecule has 4 rings (SSSR count). The van der Waals surface area contributed by atoms with Crippen LogP contribution in [-0.2, 0) is 13.2 Å². The number of hydrogen-bond donors (Lipinski definition) is 1. The van der Waals surface area contributed by atoms with Crippen molar-refractivity contribution in [2.24, 2.45) is 0 Å². The van der Waals surface area contributed by atoms with Crippen molar-refractivity contribution in [1.29, 1.82) is 0 Å². The highest BCUT2D eigenvalue weighted by atomic mass is 35.5. The molecule has 142 valence electrons. The fraction of sp³-hybridized carbons (Fsp3) is 0.158. The maximum Gasteiger partial charge on any atom is 0.271 e. The van der Waals surface area contributed by atoms with Crippen LogP contribution in [-0.4, -0.2) is 36.8 Å². The molecule has 9 heteroatoms. The number of aromatic nitrogens is 5. The van der Waals surface area contributed by atoms with Gasteiger partial charge < -0.3 is 10.1 Å². The molecule has 0 saturated carbocycles. The number of nitrogens with zero attached hydrogens (tertiary/aromatic N) is 5. The third-order valence-corrected chi connectivity index (χ3v) is 4.39. The molecular formula is C19H17ClN6O2. The average Bonchev–Trinajstić information content (AvgIpc) is 3.35. The molecule has 1 N–H and O–H groups in total. The molecule has 0 bridgehead atoms. The van der Waals surface area contributed by atoms with E-state index >= 15 is 0 Å². The number of carbonyl (C=O) groups is 1. The summed E-state index contributed by atoms with van der Waals surface area (Å²) in [5, 5.41) is 15.8. The lowest BCUT2D eigenvalue weighted by atomic mass is 10.3. The molecular weight excluding hydrogens is 380 g/mol. The summed E-state index contributed by atoms with van der Waals surface area (Å²) in [6, 6.07) is 14.5. The van der Waals surface area contributed by atoms with Crippen molar-refractivity contribution in [2.75, 3.05) is 6.54 Å². The molecule has 1 aromatic carbocycles. The quantitative estimate of drug-likeness (QED) is 0.519. The van der Waals surface area contributed by atoms with Crippen LogP contribution in [0.15, 0.2) is 60.9 Å². The Labute approximate surface area is 165 Å². The first-order valence-electron chi connectivity index (χ1n) is 8.68. The number of amides is 1. The van der Waals surface area contributed by atoms with Gasteiger partial charge in [-0.1, -0.05) is 29.8 Å². The topological polar surface area (TPSA) is 86.3 Å². The highest BCUT2D eigenvalue weighted by Crippen LogP contribution is 2.23. The molecule has 0 fully saturated rings. The Balaban J connectivity index is 1.30. The van der Waals surface area contributed by atoms with Gasteiger partial charge in [-0.25, -0.2) is 4.68 Å². The second kappa shape index (κ2) is 8.10. The van der Waals surface area contributed by atoms with E-state index in [0.29, 0.717) is 29.4 Å². The van der Waals surface area contributed by atoms with Gasteiger partial charge in [-0.05, 0) is 30.3 Å². The van der Waals surface area contributed by atoms with Crippen molar-refractivity contribution in [3.63, 3.8) is 0 Å². The lowest BCUT2D eigenvalue weighted by Gasteiger charge is -2.07. The first-order valence-corrected chi connectivity index (χ1v) is 9.06. The van der Waals surface area contributed by atoms with Crippen molar-refractivity contribution in [3.8, 4) is 5.75 Å². The van der Waals surface area contributed by atoms with Crippen LogP contribution >= 0.6 is 11.6 Å². The minimum atomic E-state index is -0.259. The first kappa shape index (κ1) is 18.0. The van der Waals surface area contributed by atoms with E-state index < -0.39 is 0 Å². The van der Waals surface area contributed by atoms with Gasteiger partial charge in [-0.15, -0.1) is 10.2 Å². The zero-order valence-corrected chi connectivity index (χ0v) is 15.6. The minimum absolute atomic E-state index is 0.156. The summed E-state index contributed by atoms with van der Waals surface area (Å²) in [4.78, 5) is 12.3. The Bertz CT molecular complexity index is 1110. The smallest absolute Gasteiger partial charge is 0.271 e. The Morgan fingerprint density at radius 1 is 1.07 bits per heavy atom. The second-order valence-corrected chi connectivity index (χ2v) is 6.40. The van der Waals surface area contributed by atoms with Crippen molar-refractivity contribution in [2.45, 2.75) is 13.2 Å². The fourth-order valence-corrected chi connectivity index (χ4v) is 2.88. The number of carbonyl (C=O) groups excluding carboxylic acids is 1. The van der Waals surface area contributed by atoms with E-state index in [0.717, 1.165) is 11.5 Å². The van der Waals surface area contributed by atoms with Gasteiger partial charge in [-0.3, -0.25) is 9.20 Å². The molecule has 8 nitrogen and oxygen atoms in total. The van der Waals surface area contributed by atoms with E-state index in [4.69, 9.17) is 16.3 Å². The summed E-state index contributed by atoms with van der Waals surface area (Å²) in [5.41, 5.74) is 1.09. The molecule has 0 saturated heterocycles. The summed E-state index contributed by atoms with van der Waals surface area (Å²) in [5.74, 6) is 1.09. The van der Waals surface area contributed by atoms with Gasteiger partial charge in [0.05, 0.1) is 5.02 Å². The maximum atomic E-state index is 12.3. The summed E-state index contributed by atoms with van der Waals surface area (Å²) in [6.45, 7) is 0.584. The summed E-state index contributed by atoms with van der Waals surface area (Å²) >= 11 is 6.05. The van der Waals surface area contributed by atoms with E-state index in [1.54, 1.807) is 24.4 Å². The number of nitrogens with one attached hydrogen (secondary N) is 1. The number of hydrogen-bond acceptors (Lipinski definition) is 5. The molecule has 3 heterocycles. The highest BCUT2D eigenvalue weighted by Gasteiger charge is 2.11. The van der Waals surface area contributed by atoms with Gasteiger partial charge in [0.1, 0.15) is 17.3 Å². The van der Waals surface area contributed by atoms with Crippen LogP contribution in [0.25, 0.3) is 5.65 Å². The van der Waals surface area contributed by atoms with Crippen LogP contribution in [0.2, 0.25) is 5.02 Å². The third kappa shape index (κ3) is 3.96. The van der Waals surface area contributed by atoms with Gasteiger partial charge in [0.25, 0.3) is 5.91 Å². The van der Waals surface area contributed by atoms with Crippen LogP contribution in [0, 0.1) is 0 Å². The largest absolute Gasteiger partial charge is 0.470 e. The highest BCUT2D eigenvalue weighted by molar-refractivity contribution is 6.32. The molecule has 0 radical (unpaired) electrons. The van der Waals surface area contributed by atoms with Crippen LogP contribution in [0.1, 0.15) is 16.3 Å². The van der Waals surface area contributed by atoms with E-state index in [2.05, 4.69) is 20.6 Å². The SMILES string of the molecule is O=C(NCCc1nnc2ccccn12)c1ccn(COc2ccccc2Cl)n1. The van der Waals surface area contributed by atoms with Crippen LogP contribution in [0.5, 0.6) is 5.75 Å². The molecule has 0 atom stereocenters. The van der Waals surface area contributed by atoms with Gasteiger partial charge in [0, 0.05) is 25.4 Å². The van der Waals surface area contributed by atoms with Gasteiger partial charge in [-0.2, -0.15) is 5.10 Å². The molecule has 28 heavy (non-hydrogen) atoms. The molecule has 4 aromatic rings. The predicted octanol–water partition coefficient (Wildman–Crippen LogP) is 2.59. The standard InChI is InChI=1S/C19H17ClN6O2/c20-14-5-1-2-6-16(14)28-13-25-12-9-15(24-25)19(27)21-10-8-18-23-22-17-7-3-4-11-26(17)18/h1-7,9,11-12H,8,10,13H2,(H,21,27). The van der Waals surface area contributed by atoms with Crippen molar-refractivity contribution in [1.82, 2.24) is 29.7 Å². The summed E-state index contributed by atoms with van der Waals surface area (Å²) in [7, 11) is 0. The molecule has 0 spiro atoms. The van der Waals surface area contributed by atoms with Crippen molar-refractivity contribution in [3.05, 3.63) is 77.5 Å². The number of ether oxygens (including phenoxy) is 1. The number of fused-ring (bicyclic) bond motifs is 1. The van der Waals surface area contributed by atoms with Crippen LogP contribution in [0.3, 0.4) is 0 Å². The number of benzene rings is 1. The average molecular weight is 397 g/mol. The number of halogens is 1. The number of pyridine rings is 1. The molecule has 3 aromatic heterocycles. The fourth-order valence-electron chi connectivity index (χ4n) is 2.69. The van der Waals surface area contributed by atoms with Crippen LogP contribution < -0.4 is 10.1 Å². The summed E-state index contributed by atoms with van der Waals surface area (Å²) < 4.78 is 9.03. The Morgan fingerprint density at radius 2 is 1.93 bits per heavy atom. The normalized spacial score (nSPS) is 10.9. The monoisotopic (exact) mass is 396 g/mol. The molecule has 0 unspecified atom stereocenters. The second-order valence-electron chi connectivity index (χ2n) is 6.00. The Kier molecular flexibility index (Phi) is 5.20. The van der Waals surface area contributed by atoms with E-state index in [-0.39, 0.29) is 12.6 Å². The Morgan fingerprint density at radius 3 is 2.82 bits per heavy atom. The van der Waals surface area contributed by atoms with E-state index in [9.17, 15) is 4.79 Å². The zero-order chi connectivity index (χ0) is 19.3. The van der Waals surface area contributed by atoms with E-state index in [1.165, 1.54) is 4.68 Å². The molecule has 0 aliphatic carbocycles. The number of para-hydroxylation sites is 1. The van der Waals surface area contributed by atoms with Crippen molar-refractivity contribution < 1.29 is 9.53 Å². The number of rotatable bonds is 7. The lowest BCUT2D eigenvalue weighted by molar-refractivity contribution is 0.0947. The van der Waals surface area contributed by atoms with Gasteiger partial charge >= 0.3 is 0 Å². The van der Waals surface area contributed by atoms with Gasteiger partial charge in [0.15, 0.2) is 12.4 Å². The van der Waals surface area contributed by atoms with E-state index in [1.807, 2.05) is 40.9 Å². The molecule has 1 amide bonds. The Hall–Kier alpha value is -3.39. The zero-order valence-electron chi connectivity index (χ0n) is 14.8. The molecule has 0 aliphatic heterocycles. The summed E-state index contributed by atoms with van der Waals surface area (Å²) in [6.07, 6.45) is 4.14. The van der Waals surface area contributed by atoms with Gasteiger partial charge in [0.2, 0.25) is 0 Å². The maximum absolute atomic E-state index is 12.3. The minimum Gasteiger partial charge on any atom is -0.470 e. The molecule has 0 aliphatic rings. The lowest BCUT2D eigenvalue weighted by Crippen LogP contribution is -2.26. The first-order chi connectivity index (χ1) is 13.7. The van der Waals surface area contributed by atoms with Crippen molar-refractivity contribution >= 4 is 23.2 Å².